The number of carbonyl (C=O) groups excluding carboxylic acids is 2. The number of amides is 2. The monoisotopic (exact) mass is 574 g/mol. The molecule has 0 bridgehead atoms. The highest BCUT2D eigenvalue weighted by Gasteiger charge is 2.43. The summed E-state index contributed by atoms with van der Waals surface area (Å²) in [5.74, 6) is -0.357. The second kappa shape index (κ2) is 12.4. The number of piperazine rings is 1. The predicted octanol–water partition coefficient (Wildman–Crippen LogP) is 3.39. The number of aromatic amines is 1. The summed E-state index contributed by atoms with van der Waals surface area (Å²) in [6, 6.07) is 9.04. The third kappa shape index (κ3) is 6.82. The van der Waals surface area contributed by atoms with Crippen LogP contribution in [-0.2, 0) is 16.1 Å². The number of amidine groups is 1. The van der Waals surface area contributed by atoms with Crippen LogP contribution in [0.2, 0.25) is 0 Å². The van der Waals surface area contributed by atoms with Gasteiger partial charge in [0.1, 0.15) is 17.7 Å². The molecule has 1 fully saturated rings. The summed E-state index contributed by atoms with van der Waals surface area (Å²) in [5, 5.41) is 18.3. The zero-order valence-corrected chi connectivity index (χ0v) is 23.2. The lowest BCUT2D eigenvalue weighted by Crippen LogP contribution is -2.64. The number of aromatic nitrogens is 3. The molecule has 1 aliphatic rings. The number of aliphatic hydroxyl groups is 1. The minimum atomic E-state index is -4.31. The third-order valence-corrected chi connectivity index (χ3v) is 6.69. The van der Waals surface area contributed by atoms with Crippen molar-refractivity contribution in [3.05, 3.63) is 48.4 Å². The van der Waals surface area contributed by atoms with Crippen LogP contribution < -0.4 is 10.6 Å². The van der Waals surface area contributed by atoms with E-state index in [2.05, 4.69) is 15.1 Å². The summed E-state index contributed by atoms with van der Waals surface area (Å²) >= 11 is 0. The Morgan fingerprint density at radius 3 is 2.59 bits per heavy atom. The van der Waals surface area contributed by atoms with E-state index in [1.165, 1.54) is 24.0 Å². The topological polar surface area (TPSA) is 157 Å². The summed E-state index contributed by atoms with van der Waals surface area (Å²) in [6.07, 6.45) is -1.59. The van der Waals surface area contributed by atoms with Gasteiger partial charge in [-0.15, -0.1) is 0 Å². The maximum absolute atomic E-state index is 13.3. The average Bonchev–Trinajstić information content (AvgIpc) is 3.57. The summed E-state index contributed by atoms with van der Waals surface area (Å²) in [7, 11) is 1.00. The Morgan fingerprint density at radius 1 is 1.24 bits per heavy atom. The molecular formula is C27H33F3N8O3. The first kappa shape index (κ1) is 31.1. The van der Waals surface area contributed by atoms with E-state index in [-0.39, 0.29) is 24.2 Å². The molecular weight excluding hydrogens is 541 g/mol. The first-order chi connectivity index (χ1) is 19.3. The van der Waals surface area contributed by atoms with E-state index in [0.29, 0.717) is 46.9 Å². The number of aryl methyl sites for hydroxylation is 1. The molecule has 1 saturated heterocycles. The quantitative estimate of drug-likeness (QED) is 0.251. The van der Waals surface area contributed by atoms with Gasteiger partial charge < -0.3 is 25.6 Å². The molecule has 220 valence electrons. The van der Waals surface area contributed by atoms with Crippen molar-refractivity contribution in [3.63, 3.8) is 0 Å². The molecule has 2 amide bonds. The number of alkyl halides is 3. The Kier molecular flexibility index (Phi) is 9.38. The largest absolute Gasteiger partial charge is 0.400 e. The molecule has 3 heterocycles. The average molecular weight is 575 g/mol. The molecule has 41 heavy (non-hydrogen) atoms. The van der Waals surface area contributed by atoms with Gasteiger partial charge in [0.2, 0.25) is 5.91 Å². The molecule has 0 aliphatic carbocycles. The van der Waals surface area contributed by atoms with Crippen LogP contribution in [0, 0.1) is 5.41 Å². The molecule has 5 N–H and O–H groups in total. The summed E-state index contributed by atoms with van der Waals surface area (Å²) in [5.41, 5.74) is 8.51. The number of halogens is 3. The fourth-order valence-electron chi connectivity index (χ4n) is 4.71. The normalized spacial score (nSPS) is 15.4. The summed E-state index contributed by atoms with van der Waals surface area (Å²) in [4.78, 5) is 35.6. The number of hydrogen-bond acceptors (Lipinski definition) is 5. The molecule has 11 nitrogen and oxygen atoms in total. The molecule has 3 aromatic rings. The van der Waals surface area contributed by atoms with Crippen LogP contribution in [-0.4, -0.2) is 80.7 Å². The Hall–Kier alpha value is -4.46. The number of nitrogens with one attached hydrogen (secondary N) is 2. The van der Waals surface area contributed by atoms with Crippen LogP contribution in [0.25, 0.3) is 22.4 Å². The van der Waals surface area contributed by atoms with Crippen molar-refractivity contribution >= 4 is 29.7 Å². The van der Waals surface area contributed by atoms with E-state index in [1.54, 1.807) is 41.8 Å². The van der Waals surface area contributed by atoms with Crippen molar-refractivity contribution in [2.24, 2.45) is 10.7 Å². The lowest BCUT2D eigenvalue weighted by Gasteiger charge is -2.45. The SMILES string of the molecule is CC(=O)N1CCN(c2cccc(-c3cc(-c4cnn(CCC(F)(F)F)c4)c(C(N)=NC=N)[nH]3)c2)C(=O)C1(C)C.CO. The number of nitrogens with two attached hydrogens (primary N) is 1. The molecule has 2 aromatic heterocycles. The molecule has 0 radical (unpaired) electrons. The fraction of sp³-hybridized carbons (Fsp3) is 0.370. The van der Waals surface area contributed by atoms with Crippen molar-refractivity contribution < 1.29 is 27.9 Å². The van der Waals surface area contributed by atoms with Gasteiger partial charge >= 0.3 is 6.18 Å². The van der Waals surface area contributed by atoms with Gasteiger partial charge in [-0.2, -0.15) is 18.3 Å². The Balaban J connectivity index is 0.00000226. The van der Waals surface area contributed by atoms with E-state index in [9.17, 15) is 22.8 Å². The van der Waals surface area contributed by atoms with Gasteiger partial charge in [0.05, 0.1) is 18.3 Å². The molecule has 0 atom stereocenters. The van der Waals surface area contributed by atoms with Crippen molar-refractivity contribution in [1.82, 2.24) is 19.7 Å². The first-order valence-electron chi connectivity index (χ1n) is 12.6. The van der Waals surface area contributed by atoms with Gasteiger partial charge in [0.15, 0.2) is 0 Å². The van der Waals surface area contributed by atoms with Crippen LogP contribution >= 0.6 is 0 Å². The maximum atomic E-state index is 13.3. The van der Waals surface area contributed by atoms with Crippen LogP contribution in [0.3, 0.4) is 0 Å². The number of anilines is 1. The lowest BCUT2D eigenvalue weighted by molar-refractivity contribution is -0.145. The van der Waals surface area contributed by atoms with Crippen molar-refractivity contribution in [3.8, 4) is 22.4 Å². The number of rotatable bonds is 7. The number of aliphatic hydroxyl groups excluding tert-OH is 1. The second-order valence-electron chi connectivity index (χ2n) is 9.71. The van der Waals surface area contributed by atoms with Crippen LogP contribution in [0.4, 0.5) is 18.9 Å². The van der Waals surface area contributed by atoms with E-state index in [0.717, 1.165) is 13.4 Å². The third-order valence-electron chi connectivity index (χ3n) is 6.69. The second-order valence-corrected chi connectivity index (χ2v) is 9.71. The number of benzene rings is 1. The molecule has 0 spiro atoms. The first-order valence-corrected chi connectivity index (χ1v) is 12.6. The molecule has 0 saturated carbocycles. The summed E-state index contributed by atoms with van der Waals surface area (Å²) < 4.78 is 39.2. The van der Waals surface area contributed by atoms with E-state index in [1.807, 2.05) is 12.1 Å². The fourth-order valence-corrected chi connectivity index (χ4v) is 4.71. The number of nitrogens with zero attached hydrogens (tertiary/aromatic N) is 5. The van der Waals surface area contributed by atoms with Gasteiger partial charge in [-0.25, -0.2) is 4.99 Å². The highest BCUT2D eigenvalue weighted by Crippen LogP contribution is 2.33. The Bertz CT molecular complexity index is 1440. The maximum Gasteiger partial charge on any atom is 0.390 e. The standard InChI is InChI=1S/C26H29F3N8O2.CH4O/c1-16(38)37-10-9-36(24(39)25(37,2)3)19-6-4-5-17(11-19)21-12-20(22(34-21)23(31)32-15-30)18-13-33-35(14-18)8-7-26(27,28)29;1-2/h4-6,11-15,34H,7-10H2,1-3H3,(H3,30,31,32);2H,1H3. The van der Waals surface area contributed by atoms with Crippen LogP contribution in [0.5, 0.6) is 0 Å². The lowest BCUT2D eigenvalue weighted by atomic mass is 9.96. The van der Waals surface area contributed by atoms with Gasteiger partial charge in [-0.1, -0.05) is 12.1 Å². The van der Waals surface area contributed by atoms with Crippen molar-refractivity contribution in [2.75, 3.05) is 25.1 Å². The van der Waals surface area contributed by atoms with Crippen LogP contribution in [0.1, 0.15) is 32.9 Å². The van der Waals surface area contributed by atoms with E-state index in [4.69, 9.17) is 16.2 Å². The molecule has 1 aromatic carbocycles. The number of carbonyl (C=O) groups is 2. The number of aliphatic imine (C=N–C) groups is 1. The zero-order chi connectivity index (χ0) is 30.5. The highest BCUT2D eigenvalue weighted by molar-refractivity contribution is 6.06. The van der Waals surface area contributed by atoms with Gasteiger partial charge in [-0.3, -0.25) is 19.7 Å². The molecule has 14 heteroatoms. The number of hydrogen-bond donors (Lipinski definition) is 4. The minimum absolute atomic E-state index is 0.0164. The van der Waals surface area contributed by atoms with Gasteiger partial charge in [0, 0.05) is 67.9 Å². The van der Waals surface area contributed by atoms with E-state index >= 15 is 0 Å². The molecule has 1 aliphatic heterocycles. The van der Waals surface area contributed by atoms with Gasteiger partial charge in [-0.05, 0) is 32.0 Å². The van der Waals surface area contributed by atoms with Crippen molar-refractivity contribution in [1.29, 1.82) is 5.41 Å². The zero-order valence-electron chi connectivity index (χ0n) is 23.2. The number of H-pyrrole nitrogens is 1. The Morgan fingerprint density at radius 2 is 1.95 bits per heavy atom. The van der Waals surface area contributed by atoms with Crippen molar-refractivity contribution in [2.45, 2.75) is 45.5 Å². The predicted molar refractivity (Wildman–Crippen MR) is 150 cm³/mol. The molecule has 0 unspecified atom stereocenters. The Labute approximate surface area is 235 Å². The summed E-state index contributed by atoms with van der Waals surface area (Å²) in [6.45, 7) is 5.28. The van der Waals surface area contributed by atoms with E-state index < -0.39 is 18.1 Å². The van der Waals surface area contributed by atoms with Crippen LogP contribution in [0.15, 0.2) is 47.7 Å². The molecule has 4 rings (SSSR count). The van der Waals surface area contributed by atoms with Gasteiger partial charge in [0.25, 0.3) is 5.91 Å². The smallest absolute Gasteiger partial charge is 0.390 e. The highest BCUT2D eigenvalue weighted by atomic mass is 19.4. The minimum Gasteiger partial charge on any atom is -0.400 e.